The summed E-state index contributed by atoms with van der Waals surface area (Å²) in [4.78, 5) is 27.6. The van der Waals surface area contributed by atoms with Gasteiger partial charge in [-0.05, 0) is 56.0 Å². The number of anilines is 1. The predicted molar refractivity (Wildman–Crippen MR) is 113 cm³/mol. The Morgan fingerprint density at radius 2 is 1.62 bits per heavy atom. The molecule has 0 spiro atoms. The molecule has 1 fully saturated rings. The van der Waals surface area contributed by atoms with Crippen LogP contribution < -0.4 is 14.8 Å². The molecule has 3 rings (SSSR count). The number of rotatable bonds is 5. The molecule has 2 aromatic rings. The Hall–Kier alpha value is -3.02. The van der Waals surface area contributed by atoms with Crippen molar-refractivity contribution in [3.05, 3.63) is 53.1 Å². The summed E-state index contributed by atoms with van der Waals surface area (Å²) < 4.78 is 10.7. The van der Waals surface area contributed by atoms with Crippen LogP contribution in [0.1, 0.15) is 34.3 Å². The average Bonchev–Trinajstić information content (AvgIpc) is 2.75. The highest BCUT2D eigenvalue weighted by Crippen LogP contribution is 2.31. The Morgan fingerprint density at radius 3 is 2.21 bits per heavy atom. The maximum Gasteiger partial charge on any atom is 0.261 e. The van der Waals surface area contributed by atoms with Crippen molar-refractivity contribution in [2.75, 3.05) is 32.6 Å². The van der Waals surface area contributed by atoms with Crippen molar-refractivity contribution < 1.29 is 19.1 Å². The van der Waals surface area contributed by atoms with Crippen molar-refractivity contribution in [1.82, 2.24) is 4.90 Å². The fourth-order valence-electron chi connectivity index (χ4n) is 3.67. The van der Waals surface area contributed by atoms with E-state index in [1.54, 1.807) is 23.1 Å². The van der Waals surface area contributed by atoms with Crippen molar-refractivity contribution in [3.63, 3.8) is 0 Å². The first-order valence-corrected chi connectivity index (χ1v) is 9.83. The number of hydrogen-bond donors (Lipinski definition) is 1. The topological polar surface area (TPSA) is 67.9 Å². The molecule has 0 radical (unpaired) electrons. The summed E-state index contributed by atoms with van der Waals surface area (Å²) in [5.41, 5.74) is 3.43. The lowest BCUT2D eigenvalue weighted by Gasteiger charge is -2.32. The second-order valence-corrected chi connectivity index (χ2v) is 7.41. The van der Waals surface area contributed by atoms with E-state index in [0.29, 0.717) is 43.0 Å². The van der Waals surface area contributed by atoms with Crippen molar-refractivity contribution in [2.45, 2.75) is 26.7 Å². The summed E-state index contributed by atoms with van der Waals surface area (Å²) in [6.45, 7) is 5.03. The van der Waals surface area contributed by atoms with Gasteiger partial charge in [-0.1, -0.05) is 18.2 Å². The number of carbonyl (C=O) groups is 2. The van der Waals surface area contributed by atoms with Gasteiger partial charge in [0.05, 0.1) is 14.2 Å². The largest absolute Gasteiger partial charge is 0.496 e. The van der Waals surface area contributed by atoms with Gasteiger partial charge < -0.3 is 19.7 Å². The van der Waals surface area contributed by atoms with Crippen LogP contribution in [0.2, 0.25) is 0 Å². The van der Waals surface area contributed by atoms with Crippen molar-refractivity contribution in [2.24, 2.45) is 5.92 Å². The molecule has 1 N–H and O–H groups in total. The molecular weight excluding hydrogens is 368 g/mol. The van der Waals surface area contributed by atoms with Crippen LogP contribution in [0.15, 0.2) is 36.4 Å². The van der Waals surface area contributed by atoms with Crippen molar-refractivity contribution >= 4 is 17.5 Å². The van der Waals surface area contributed by atoms with Crippen LogP contribution in [0, 0.1) is 19.8 Å². The van der Waals surface area contributed by atoms with Gasteiger partial charge in [-0.3, -0.25) is 9.59 Å². The molecule has 0 atom stereocenters. The van der Waals surface area contributed by atoms with Gasteiger partial charge in [0.25, 0.3) is 5.91 Å². The molecule has 1 saturated heterocycles. The third-order valence-electron chi connectivity index (χ3n) is 5.45. The number of nitrogens with one attached hydrogen (secondary N) is 1. The fraction of sp³-hybridized carbons (Fsp3) is 0.391. The average molecular weight is 396 g/mol. The molecule has 0 aromatic heterocycles. The van der Waals surface area contributed by atoms with E-state index in [0.717, 1.165) is 16.8 Å². The zero-order chi connectivity index (χ0) is 21.0. The highest BCUT2D eigenvalue weighted by atomic mass is 16.5. The molecule has 0 saturated carbocycles. The number of ether oxygens (including phenoxy) is 2. The Bertz CT molecular complexity index is 879. The Balaban J connectivity index is 1.65. The second-order valence-electron chi connectivity index (χ2n) is 7.41. The quantitative estimate of drug-likeness (QED) is 0.834. The minimum absolute atomic E-state index is 0.0145. The molecule has 0 bridgehead atoms. The molecule has 0 aliphatic carbocycles. The number of carbonyl (C=O) groups excluding carboxylic acids is 2. The maximum atomic E-state index is 13.1. The second kappa shape index (κ2) is 8.99. The van der Waals surface area contributed by atoms with E-state index >= 15 is 0 Å². The molecule has 2 amide bonds. The zero-order valence-electron chi connectivity index (χ0n) is 17.5. The van der Waals surface area contributed by atoms with Gasteiger partial charge in [0.1, 0.15) is 17.1 Å². The van der Waals surface area contributed by atoms with Gasteiger partial charge in [0.2, 0.25) is 5.91 Å². The number of hydrogen-bond acceptors (Lipinski definition) is 4. The lowest BCUT2D eigenvalue weighted by Crippen LogP contribution is -2.41. The van der Waals surface area contributed by atoms with Crippen LogP contribution in [0.5, 0.6) is 11.5 Å². The van der Waals surface area contributed by atoms with Crippen LogP contribution in [-0.4, -0.2) is 44.0 Å². The van der Waals surface area contributed by atoms with Crippen molar-refractivity contribution in [3.8, 4) is 11.5 Å². The van der Waals surface area contributed by atoms with E-state index in [1.165, 1.54) is 14.2 Å². The smallest absolute Gasteiger partial charge is 0.261 e. The molecule has 6 heteroatoms. The molecule has 2 aromatic carbocycles. The van der Waals surface area contributed by atoms with E-state index in [-0.39, 0.29) is 17.7 Å². The Kier molecular flexibility index (Phi) is 6.42. The van der Waals surface area contributed by atoms with Crippen LogP contribution in [0.4, 0.5) is 5.69 Å². The van der Waals surface area contributed by atoms with Crippen LogP contribution in [0.25, 0.3) is 0 Å². The standard InChI is InChI=1S/C23H28N2O4/c1-15-8-9-16(2)18(14-15)24-22(26)17-10-12-25(13-11-17)23(27)21-19(28-3)6-5-7-20(21)29-4/h5-9,14,17H,10-13H2,1-4H3,(H,24,26). The molecule has 154 valence electrons. The molecular formula is C23H28N2O4. The van der Waals surface area contributed by atoms with E-state index < -0.39 is 0 Å². The van der Waals surface area contributed by atoms with E-state index in [9.17, 15) is 9.59 Å². The number of amides is 2. The maximum absolute atomic E-state index is 13.1. The first-order chi connectivity index (χ1) is 13.9. The zero-order valence-corrected chi connectivity index (χ0v) is 17.5. The summed E-state index contributed by atoms with van der Waals surface area (Å²) >= 11 is 0. The lowest BCUT2D eigenvalue weighted by atomic mass is 9.95. The summed E-state index contributed by atoms with van der Waals surface area (Å²) in [6.07, 6.45) is 1.25. The van der Waals surface area contributed by atoms with Gasteiger partial charge >= 0.3 is 0 Å². The van der Waals surface area contributed by atoms with Gasteiger partial charge in [0.15, 0.2) is 0 Å². The van der Waals surface area contributed by atoms with Crippen LogP contribution in [0.3, 0.4) is 0 Å². The van der Waals surface area contributed by atoms with E-state index in [4.69, 9.17) is 9.47 Å². The first-order valence-electron chi connectivity index (χ1n) is 9.83. The predicted octanol–water partition coefficient (Wildman–Crippen LogP) is 3.81. The number of piperidine rings is 1. The van der Waals surface area contributed by atoms with Gasteiger partial charge in [-0.2, -0.15) is 0 Å². The monoisotopic (exact) mass is 396 g/mol. The van der Waals surface area contributed by atoms with Crippen molar-refractivity contribution in [1.29, 1.82) is 0 Å². The minimum atomic E-state index is -0.132. The summed E-state index contributed by atoms with van der Waals surface area (Å²) in [6, 6.07) is 11.3. The van der Waals surface area contributed by atoms with Gasteiger partial charge in [0, 0.05) is 24.7 Å². The molecule has 1 aliphatic heterocycles. The Labute approximate surface area is 171 Å². The fourth-order valence-corrected chi connectivity index (χ4v) is 3.67. The first kappa shape index (κ1) is 20.7. The molecule has 1 aliphatic rings. The van der Waals surface area contributed by atoms with Crippen LogP contribution >= 0.6 is 0 Å². The SMILES string of the molecule is COc1cccc(OC)c1C(=O)N1CCC(C(=O)Nc2cc(C)ccc2C)CC1. The number of methoxy groups -OCH3 is 2. The van der Waals surface area contributed by atoms with Gasteiger partial charge in [-0.15, -0.1) is 0 Å². The van der Waals surface area contributed by atoms with Gasteiger partial charge in [-0.25, -0.2) is 0 Å². The molecule has 1 heterocycles. The third-order valence-corrected chi connectivity index (χ3v) is 5.45. The molecule has 6 nitrogen and oxygen atoms in total. The number of aryl methyl sites for hydroxylation is 2. The third kappa shape index (κ3) is 4.53. The number of nitrogens with zero attached hydrogens (tertiary/aromatic N) is 1. The minimum Gasteiger partial charge on any atom is -0.496 e. The summed E-state index contributed by atoms with van der Waals surface area (Å²) in [5, 5.41) is 3.05. The highest BCUT2D eigenvalue weighted by Gasteiger charge is 2.30. The number of benzene rings is 2. The summed E-state index contributed by atoms with van der Waals surface area (Å²) in [7, 11) is 3.07. The molecule has 29 heavy (non-hydrogen) atoms. The molecule has 0 unspecified atom stereocenters. The summed E-state index contributed by atoms with van der Waals surface area (Å²) in [5.74, 6) is 0.750. The number of likely N-dealkylation sites (tertiary alicyclic amines) is 1. The lowest BCUT2D eigenvalue weighted by molar-refractivity contribution is -0.121. The Morgan fingerprint density at radius 1 is 1.00 bits per heavy atom. The van der Waals surface area contributed by atoms with E-state index in [1.807, 2.05) is 32.0 Å². The van der Waals surface area contributed by atoms with E-state index in [2.05, 4.69) is 5.32 Å². The highest BCUT2D eigenvalue weighted by molar-refractivity contribution is 6.00. The normalized spacial score (nSPS) is 14.4. The van der Waals surface area contributed by atoms with Crippen LogP contribution in [-0.2, 0) is 4.79 Å².